The normalized spacial score (nSPS) is 13.0. The minimum Gasteiger partial charge on any atom is -0.486 e. The molecule has 1 aliphatic heterocycles. The summed E-state index contributed by atoms with van der Waals surface area (Å²) in [5.74, 6) is -0.195. The van der Waals surface area contributed by atoms with Gasteiger partial charge in [-0.05, 0) is 36.8 Å². The average molecular weight is 422 g/mol. The lowest BCUT2D eigenvalue weighted by molar-refractivity contribution is -0.119. The van der Waals surface area contributed by atoms with Crippen LogP contribution in [0.4, 0.5) is 10.1 Å². The molecule has 7 nitrogen and oxygen atoms in total. The van der Waals surface area contributed by atoms with E-state index in [9.17, 15) is 17.6 Å². The van der Waals surface area contributed by atoms with Gasteiger partial charge in [-0.2, -0.15) is 0 Å². The SMILES string of the molecule is CCCCNC(=O)CNc1ccc(F)cc1S(=O)(=O)c1ccc2c(c1)OCCO2. The van der Waals surface area contributed by atoms with Crippen LogP contribution in [0, 0.1) is 5.82 Å². The molecular weight excluding hydrogens is 399 g/mol. The summed E-state index contributed by atoms with van der Waals surface area (Å²) in [6, 6.07) is 7.63. The second-order valence-electron chi connectivity index (χ2n) is 6.51. The monoisotopic (exact) mass is 422 g/mol. The zero-order valence-electron chi connectivity index (χ0n) is 16.0. The van der Waals surface area contributed by atoms with Crippen LogP contribution in [0.5, 0.6) is 11.5 Å². The van der Waals surface area contributed by atoms with Crippen molar-refractivity contribution in [3.05, 3.63) is 42.2 Å². The van der Waals surface area contributed by atoms with Gasteiger partial charge in [-0.15, -0.1) is 0 Å². The third kappa shape index (κ3) is 4.97. The predicted octanol–water partition coefficient (Wildman–Crippen LogP) is 2.76. The highest BCUT2D eigenvalue weighted by Gasteiger charge is 2.25. The molecule has 0 unspecified atom stereocenters. The Kier molecular flexibility index (Phi) is 6.58. The van der Waals surface area contributed by atoms with E-state index in [1.165, 1.54) is 24.3 Å². The van der Waals surface area contributed by atoms with Crippen LogP contribution in [0.15, 0.2) is 46.2 Å². The fraction of sp³-hybridized carbons (Fsp3) is 0.350. The number of sulfone groups is 1. The van der Waals surface area contributed by atoms with Gasteiger partial charge in [0.15, 0.2) is 11.5 Å². The number of hydrogen-bond acceptors (Lipinski definition) is 6. The van der Waals surface area contributed by atoms with Crippen molar-refractivity contribution >= 4 is 21.4 Å². The average Bonchev–Trinajstić information content (AvgIpc) is 2.72. The van der Waals surface area contributed by atoms with Gasteiger partial charge in [0.1, 0.15) is 19.0 Å². The number of fused-ring (bicyclic) bond motifs is 1. The van der Waals surface area contributed by atoms with Gasteiger partial charge in [-0.1, -0.05) is 13.3 Å². The molecular formula is C20H23FN2O5S. The van der Waals surface area contributed by atoms with Crippen molar-refractivity contribution in [2.75, 3.05) is 31.6 Å². The number of benzene rings is 2. The van der Waals surface area contributed by atoms with Crippen molar-refractivity contribution in [1.82, 2.24) is 5.32 Å². The summed E-state index contributed by atoms with van der Waals surface area (Å²) in [6.45, 7) is 3.13. The van der Waals surface area contributed by atoms with Crippen molar-refractivity contribution in [3.8, 4) is 11.5 Å². The first-order valence-corrected chi connectivity index (χ1v) is 10.8. The van der Waals surface area contributed by atoms with Gasteiger partial charge in [0.25, 0.3) is 0 Å². The van der Waals surface area contributed by atoms with E-state index in [-0.39, 0.29) is 27.9 Å². The number of anilines is 1. The fourth-order valence-electron chi connectivity index (χ4n) is 2.82. The topological polar surface area (TPSA) is 93.7 Å². The zero-order chi connectivity index (χ0) is 20.9. The molecule has 1 aliphatic rings. The molecule has 0 atom stereocenters. The molecule has 2 N–H and O–H groups in total. The number of hydrogen-bond donors (Lipinski definition) is 2. The third-order valence-electron chi connectivity index (χ3n) is 4.35. The Hall–Kier alpha value is -2.81. The molecule has 0 bridgehead atoms. The van der Waals surface area contributed by atoms with E-state index in [1.54, 1.807) is 0 Å². The molecule has 0 saturated heterocycles. The number of nitrogens with one attached hydrogen (secondary N) is 2. The predicted molar refractivity (Wildman–Crippen MR) is 106 cm³/mol. The Morgan fingerprint density at radius 1 is 1.10 bits per heavy atom. The minimum absolute atomic E-state index is 0.0530. The molecule has 1 amide bonds. The number of carbonyl (C=O) groups excluding carboxylic acids is 1. The standard InChI is InChI=1S/C20H23FN2O5S/c1-2-3-8-22-20(24)13-23-16-6-4-14(21)11-19(16)29(25,26)15-5-7-17-18(12-15)28-10-9-27-17/h4-7,11-12,23H,2-3,8-10,13H2,1H3,(H,22,24). The Morgan fingerprint density at radius 2 is 1.86 bits per heavy atom. The summed E-state index contributed by atoms with van der Waals surface area (Å²) in [5.41, 5.74) is 0.145. The van der Waals surface area contributed by atoms with Crippen molar-refractivity contribution in [2.45, 2.75) is 29.6 Å². The summed E-state index contributed by atoms with van der Waals surface area (Å²) in [6.07, 6.45) is 1.80. The largest absolute Gasteiger partial charge is 0.486 e. The number of carbonyl (C=O) groups is 1. The number of ether oxygens (including phenoxy) is 2. The van der Waals surface area contributed by atoms with E-state index >= 15 is 0 Å². The molecule has 9 heteroatoms. The van der Waals surface area contributed by atoms with Gasteiger partial charge in [-0.25, -0.2) is 12.8 Å². The van der Waals surface area contributed by atoms with E-state index in [1.807, 2.05) is 6.92 Å². The molecule has 156 valence electrons. The van der Waals surface area contributed by atoms with Gasteiger partial charge in [-0.3, -0.25) is 4.79 Å². The summed E-state index contributed by atoms with van der Waals surface area (Å²) in [7, 11) is -4.06. The highest BCUT2D eigenvalue weighted by atomic mass is 32.2. The van der Waals surface area contributed by atoms with Crippen molar-refractivity contribution in [2.24, 2.45) is 0 Å². The maximum Gasteiger partial charge on any atom is 0.239 e. The molecule has 0 spiro atoms. The van der Waals surface area contributed by atoms with Crippen LogP contribution in [0.25, 0.3) is 0 Å². The molecule has 0 radical (unpaired) electrons. The number of halogens is 1. The van der Waals surface area contributed by atoms with Gasteiger partial charge in [0.05, 0.1) is 22.0 Å². The molecule has 2 aromatic carbocycles. The van der Waals surface area contributed by atoms with Crippen molar-refractivity contribution in [1.29, 1.82) is 0 Å². The number of rotatable bonds is 8. The van der Waals surface area contributed by atoms with Crippen LogP contribution in [0.2, 0.25) is 0 Å². The second kappa shape index (κ2) is 9.13. The van der Waals surface area contributed by atoms with Crippen LogP contribution in [0.1, 0.15) is 19.8 Å². The zero-order valence-corrected chi connectivity index (χ0v) is 16.9. The van der Waals surface area contributed by atoms with Crippen LogP contribution in [0.3, 0.4) is 0 Å². The molecule has 1 heterocycles. The second-order valence-corrected chi connectivity index (χ2v) is 8.42. The Balaban J connectivity index is 1.85. The summed E-state index contributed by atoms with van der Waals surface area (Å²) < 4.78 is 51.0. The molecule has 29 heavy (non-hydrogen) atoms. The number of amides is 1. The Bertz CT molecular complexity index is 994. The smallest absolute Gasteiger partial charge is 0.239 e. The first kappa shape index (κ1) is 20.9. The highest BCUT2D eigenvalue weighted by Crippen LogP contribution is 2.35. The summed E-state index contributed by atoms with van der Waals surface area (Å²) in [4.78, 5) is 11.6. The maximum absolute atomic E-state index is 13.9. The van der Waals surface area contributed by atoms with Gasteiger partial charge < -0.3 is 20.1 Å². The minimum atomic E-state index is -4.06. The first-order chi connectivity index (χ1) is 13.9. The maximum atomic E-state index is 13.9. The molecule has 2 aromatic rings. The molecule has 0 aromatic heterocycles. The lowest BCUT2D eigenvalue weighted by atomic mass is 10.3. The van der Waals surface area contributed by atoms with E-state index in [0.717, 1.165) is 25.0 Å². The summed E-state index contributed by atoms with van der Waals surface area (Å²) in [5, 5.41) is 5.53. The number of unbranched alkanes of at least 4 members (excludes halogenated alkanes) is 1. The summed E-state index contributed by atoms with van der Waals surface area (Å²) >= 11 is 0. The van der Waals surface area contributed by atoms with Gasteiger partial charge in [0, 0.05) is 12.6 Å². The Morgan fingerprint density at radius 3 is 2.62 bits per heavy atom. The third-order valence-corrected chi connectivity index (χ3v) is 6.14. The van der Waals surface area contributed by atoms with Crippen LogP contribution >= 0.6 is 0 Å². The quantitative estimate of drug-likeness (QED) is 0.636. The molecule has 0 fully saturated rings. The van der Waals surface area contributed by atoms with E-state index in [4.69, 9.17) is 9.47 Å². The van der Waals surface area contributed by atoms with E-state index < -0.39 is 15.7 Å². The van der Waals surface area contributed by atoms with Crippen molar-refractivity contribution in [3.63, 3.8) is 0 Å². The molecule has 0 saturated carbocycles. The van der Waals surface area contributed by atoms with Crippen LogP contribution in [-0.2, 0) is 14.6 Å². The lowest BCUT2D eigenvalue weighted by Gasteiger charge is -2.19. The molecule has 0 aliphatic carbocycles. The highest BCUT2D eigenvalue weighted by molar-refractivity contribution is 7.91. The van der Waals surface area contributed by atoms with Crippen LogP contribution < -0.4 is 20.1 Å². The van der Waals surface area contributed by atoms with Gasteiger partial charge in [0.2, 0.25) is 15.7 Å². The Labute approximate surface area is 169 Å². The van der Waals surface area contributed by atoms with Crippen molar-refractivity contribution < 1.29 is 27.1 Å². The first-order valence-electron chi connectivity index (χ1n) is 9.36. The lowest BCUT2D eigenvalue weighted by Crippen LogP contribution is -2.30. The van der Waals surface area contributed by atoms with Gasteiger partial charge >= 0.3 is 0 Å². The fourth-order valence-corrected chi connectivity index (χ4v) is 4.29. The van der Waals surface area contributed by atoms with Crippen LogP contribution in [-0.4, -0.2) is 40.6 Å². The van der Waals surface area contributed by atoms with E-state index in [0.29, 0.717) is 31.3 Å². The van der Waals surface area contributed by atoms with E-state index in [2.05, 4.69) is 10.6 Å². The molecule has 3 rings (SSSR count).